The lowest BCUT2D eigenvalue weighted by Crippen LogP contribution is -2.38. The van der Waals surface area contributed by atoms with Gasteiger partial charge in [-0.1, -0.05) is 54.6 Å². The third kappa shape index (κ3) is 4.74. The SMILES string of the molecule is Cn1cc(-c2cnc3c(c2)NC2CC2([C@H](NCCc2cccc(CC(=O)O)c2)c2ccccc2)C3)cn1. The van der Waals surface area contributed by atoms with Gasteiger partial charge in [-0.15, -0.1) is 0 Å². The summed E-state index contributed by atoms with van der Waals surface area (Å²) in [6.45, 7) is 0.810. The lowest BCUT2D eigenvalue weighted by atomic mass is 9.83. The number of hydrogen-bond donors (Lipinski definition) is 3. The molecule has 3 N–H and O–H groups in total. The van der Waals surface area contributed by atoms with Crippen LogP contribution in [0.3, 0.4) is 0 Å². The number of aromatic nitrogens is 3. The number of carboxylic acid groups (broad SMARTS) is 1. The Kier molecular flexibility index (Phi) is 6.00. The standard InChI is InChI=1S/C30H31N5O2/c1-35-19-24(18-33-35)23-14-25-26(32-17-23)15-30(16-27(30)34-25)29(22-8-3-2-4-9-22)31-11-10-20-6-5-7-21(12-20)13-28(36)37/h2-9,12,14,17-19,27,29,31,34H,10-11,13,15-16H2,1H3,(H,36,37)/t27?,29-,30?/m1/s1. The van der Waals surface area contributed by atoms with Crippen LogP contribution in [0.15, 0.2) is 79.3 Å². The van der Waals surface area contributed by atoms with E-state index in [1.807, 2.05) is 48.5 Å². The largest absolute Gasteiger partial charge is 0.481 e. The first-order valence-corrected chi connectivity index (χ1v) is 12.8. The van der Waals surface area contributed by atoms with Gasteiger partial charge in [-0.25, -0.2) is 0 Å². The zero-order valence-corrected chi connectivity index (χ0v) is 20.9. The summed E-state index contributed by atoms with van der Waals surface area (Å²) in [6, 6.07) is 21.4. The van der Waals surface area contributed by atoms with E-state index in [0.29, 0.717) is 6.04 Å². The molecule has 2 aromatic heterocycles. The van der Waals surface area contributed by atoms with E-state index in [-0.39, 0.29) is 17.9 Å². The summed E-state index contributed by atoms with van der Waals surface area (Å²) in [7, 11) is 1.93. The predicted molar refractivity (Wildman–Crippen MR) is 143 cm³/mol. The van der Waals surface area contributed by atoms with Crippen LogP contribution in [0.2, 0.25) is 0 Å². The van der Waals surface area contributed by atoms with Crippen LogP contribution < -0.4 is 10.6 Å². The van der Waals surface area contributed by atoms with E-state index in [0.717, 1.165) is 59.4 Å². The number of pyridine rings is 1. The van der Waals surface area contributed by atoms with Gasteiger partial charge >= 0.3 is 5.97 Å². The van der Waals surface area contributed by atoms with E-state index < -0.39 is 5.97 Å². The van der Waals surface area contributed by atoms with Gasteiger partial charge in [0.05, 0.1) is 24.0 Å². The molecule has 0 radical (unpaired) electrons. The van der Waals surface area contributed by atoms with Crippen molar-refractivity contribution in [3.8, 4) is 11.1 Å². The molecule has 1 fully saturated rings. The summed E-state index contributed by atoms with van der Waals surface area (Å²) in [5, 5.41) is 21.1. The summed E-state index contributed by atoms with van der Waals surface area (Å²) in [6.07, 6.45) is 8.76. The van der Waals surface area contributed by atoms with E-state index in [2.05, 4.69) is 58.2 Å². The van der Waals surface area contributed by atoms with Gasteiger partial charge < -0.3 is 15.7 Å². The fraction of sp³-hybridized carbons (Fsp3) is 0.300. The van der Waals surface area contributed by atoms with Crippen molar-refractivity contribution in [3.63, 3.8) is 0 Å². The second kappa shape index (κ2) is 9.48. The Labute approximate surface area is 216 Å². The molecular formula is C30H31N5O2. The van der Waals surface area contributed by atoms with Crippen molar-refractivity contribution in [3.05, 3.63) is 102 Å². The minimum atomic E-state index is -0.801. The maximum Gasteiger partial charge on any atom is 0.307 e. The maximum atomic E-state index is 11.1. The van der Waals surface area contributed by atoms with Crippen molar-refractivity contribution < 1.29 is 9.90 Å². The highest BCUT2D eigenvalue weighted by molar-refractivity contribution is 5.70. The van der Waals surface area contributed by atoms with Crippen LogP contribution in [0.25, 0.3) is 11.1 Å². The molecule has 37 heavy (non-hydrogen) atoms. The molecule has 0 bridgehead atoms. The van der Waals surface area contributed by atoms with Crippen molar-refractivity contribution >= 4 is 11.7 Å². The Morgan fingerprint density at radius 1 is 1.14 bits per heavy atom. The molecule has 2 aliphatic rings. The maximum absolute atomic E-state index is 11.1. The Hall–Kier alpha value is -3.97. The van der Waals surface area contributed by atoms with Crippen LogP contribution in [0.5, 0.6) is 0 Å². The number of carboxylic acids is 1. The summed E-state index contributed by atoms with van der Waals surface area (Å²) in [4.78, 5) is 16.0. The average Bonchev–Trinajstić information content (AvgIpc) is 3.44. The number of anilines is 1. The summed E-state index contributed by atoms with van der Waals surface area (Å²) in [5.41, 5.74) is 7.75. The first-order chi connectivity index (χ1) is 18.0. The molecule has 2 aromatic carbocycles. The van der Waals surface area contributed by atoms with Crippen molar-refractivity contribution in [1.29, 1.82) is 0 Å². The van der Waals surface area contributed by atoms with E-state index in [1.165, 1.54) is 5.56 Å². The van der Waals surface area contributed by atoms with Gasteiger partial charge in [0.15, 0.2) is 0 Å². The molecule has 0 saturated heterocycles. The molecule has 7 nitrogen and oxygen atoms in total. The van der Waals surface area contributed by atoms with Gasteiger partial charge in [-0.3, -0.25) is 14.5 Å². The fourth-order valence-electron chi connectivity index (χ4n) is 5.85. The molecule has 1 aliphatic carbocycles. The van der Waals surface area contributed by atoms with Gasteiger partial charge in [-0.05, 0) is 42.1 Å². The number of fused-ring (bicyclic) bond motifs is 2. The predicted octanol–water partition coefficient (Wildman–Crippen LogP) is 4.41. The normalized spacial score (nSPS) is 20.4. The first kappa shape index (κ1) is 23.4. The molecule has 188 valence electrons. The number of nitrogens with zero attached hydrogens (tertiary/aromatic N) is 3. The zero-order chi connectivity index (χ0) is 25.4. The second-order valence-corrected chi connectivity index (χ2v) is 10.4. The smallest absolute Gasteiger partial charge is 0.307 e. The molecule has 6 rings (SSSR count). The Bertz CT molecular complexity index is 1430. The number of nitrogens with one attached hydrogen (secondary N) is 2. The molecule has 0 amide bonds. The monoisotopic (exact) mass is 493 g/mol. The third-order valence-electron chi connectivity index (χ3n) is 7.77. The number of carbonyl (C=O) groups is 1. The van der Waals surface area contributed by atoms with Crippen molar-refractivity contribution in [1.82, 2.24) is 20.1 Å². The molecule has 1 saturated carbocycles. The van der Waals surface area contributed by atoms with E-state index in [9.17, 15) is 4.79 Å². The third-order valence-corrected chi connectivity index (χ3v) is 7.77. The molecule has 3 heterocycles. The van der Waals surface area contributed by atoms with Gasteiger partial charge in [-0.2, -0.15) is 5.10 Å². The highest BCUT2D eigenvalue weighted by atomic mass is 16.4. The Morgan fingerprint density at radius 3 is 2.76 bits per heavy atom. The molecule has 3 atom stereocenters. The van der Waals surface area contributed by atoms with Crippen LogP contribution in [0, 0.1) is 5.41 Å². The lowest BCUT2D eigenvalue weighted by molar-refractivity contribution is -0.136. The fourth-order valence-corrected chi connectivity index (χ4v) is 5.85. The number of hydrogen-bond acceptors (Lipinski definition) is 5. The topological polar surface area (TPSA) is 92.1 Å². The summed E-state index contributed by atoms with van der Waals surface area (Å²) in [5.74, 6) is -0.801. The van der Waals surface area contributed by atoms with Crippen LogP contribution in [-0.2, 0) is 31.1 Å². The van der Waals surface area contributed by atoms with Crippen molar-refractivity contribution in [2.45, 2.75) is 37.8 Å². The van der Waals surface area contributed by atoms with E-state index in [4.69, 9.17) is 10.1 Å². The minimum absolute atomic E-state index is 0.0548. The molecular weight excluding hydrogens is 462 g/mol. The Balaban J connectivity index is 1.21. The molecule has 2 unspecified atom stereocenters. The summed E-state index contributed by atoms with van der Waals surface area (Å²) < 4.78 is 1.81. The average molecular weight is 494 g/mol. The molecule has 1 aliphatic heterocycles. The first-order valence-electron chi connectivity index (χ1n) is 12.8. The zero-order valence-electron chi connectivity index (χ0n) is 20.9. The van der Waals surface area contributed by atoms with Crippen LogP contribution in [0.1, 0.15) is 34.8 Å². The van der Waals surface area contributed by atoms with Crippen molar-refractivity contribution in [2.75, 3.05) is 11.9 Å². The quantitative estimate of drug-likeness (QED) is 0.320. The summed E-state index contributed by atoms with van der Waals surface area (Å²) >= 11 is 0. The number of aliphatic carboxylic acids is 1. The van der Waals surface area contributed by atoms with Gasteiger partial charge in [0.25, 0.3) is 0 Å². The van der Waals surface area contributed by atoms with Crippen molar-refractivity contribution in [2.24, 2.45) is 12.5 Å². The lowest BCUT2D eigenvalue weighted by Gasteiger charge is -2.33. The highest BCUT2D eigenvalue weighted by Gasteiger charge is 2.61. The van der Waals surface area contributed by atoms with Gasteiger partial charge in [0.1, 0.15) is 0 Å². The number of aryl methyl sites for hydroxylation is 1. The van der Waals surface area contributed by atoms with Gasteiger partial charge in [0, 0.05) is 54.5 Å². The molecule has 4 aromatic rings. The molecule has 0 spiro atoms. The van der Waals surface area contributed by atoms with Crippen LogP contribution >= 0.6 is 0 Å². The Morgan fingerprint density at radius 2 is 1.97 bits per heavy atom. The van der Waals surface area contributed by atoms with Crippen LogP contribution in [0.4, 0.5) is 5.69 Å². The highest BCUT2D eigenvalue weighted by Crippen LogP contribution is 2.61. The van der Waals surface area contributed by atoms with Gasteiger partial charge in [0.2, 0.25) is 0 Å². The van der Waals surface area contributed by atoms with Crippen LogP contribution in [-0.4, -0.2) is 38.4 Å². The number of benzene rings is 2. The minimum Gasteiger partial charge on any atom is -0.481 e. The molecule has 7 heteroatoms. The van der Waals surface area contributed by atoms with E-state index in [1.54, 1.807) is 0 Å². The van der Waals surface area contributed by atoms with E-state index >= 15 is 0 Å². The number of rotatable bonds is 9. The second-order valence-electron chi connectivity index (χ2n) is 10.4.